The van der Waals surface area contributed by atoms with Crippen molar-refractivity contribution in [2.24, 2.45) is 0 Å². The van der Waals surface area contributed by atoms with Crippen molar-refractivity contribution in [1.29, 1.82) is 0 Å². The van der Waals surface area contributed by atoms with Gasteiger partial charge in [0.25, 0.3) is 0 Å². The average Bonchev–Trinajstić information content (AvgIpc) is 3.27. The van der Waals surface area contributed by atoms with Crippen LogP contribution in [0.5, 0.6) is 0 Å². The third kappa shape index (κ3) is 5.36. The molecule has 0 atom stereocenters. The molecule has 1 aromatic carbocycles. The number of nitrogens with one attached hydrogen (secondary N) is 1. The molecule has 1 N–H and O–H groups in total. The summed E-state index contributed by atoms with van der Waals surface area (Å²) in [6.45, 7) is 1.10. The van der Waals surface area contributed by atoms with Crippen LogP contribution in [-0.4, -0.2) is 38.4 Å². The second kappa shape index (κ2) is 8.72. The molecule has 2 heterocycles. The van der Waals surface area contributed by atoms with Crippen molar-refractivity contribution in [2.75, 3.05) is 12.3 Å². The van der Waals surface area contributed by atoms with E-state index in [9.17, 15) is 9.18 Å². The fraction of sp³-hybridized carbons (Fsp3) is 0.250. The van der Waals surface area contributed by atoms with Gasteiger partial charge in [-0.05, 0) is 46.0 Å². The zero-order chi connectivity index (χ0) is 17.5. The van der Waals surface area contributed by atoms with E-state index in [1.165, 1.54) is 23.9 Å². The second-order valence-corrected chi connectivity index (χ2v) is 7.19. The fourth-order valence-corrected chi connectivity index (χ4v) is 3.52. The van der Waals surface area contributed by atoms with E-state index in [1.54, 1.807) is 28.2 Å². The summed E-state index contributed by atoms with van der Waals surface area (Å²) < 4.78 is 14.5. The molecule has 0 unspecified atom stereocenters. The number of aromatic nitrogens is 4. The Hall–Kier alpha value is -2.26. The SMILES string of the molecule is O=C(CSc1nnnn1Cc1cccs1)NCCc1ccc(F)cc1. The van der Waals surface area contributed by atoms with Gasteiger partial charge in [-0.1, -0.05) is 30.0 Å². The van der Waals surface area contributed by atoms with Crippen LogP contribution in [0.2, 0.25) is 0 Å². The molecule has 0 saturated heterocycles. The Kier molecular flexibility index (Phi) is 6.13. The normalized spacial score (nSPS) is 10.8. The maximum atomic E-state index is 12.8. The van der Waals surface area contributed by atoms with Crippen LogP contribution in [0.3, 0.4) is 0 Å². The number of rotatable bonds is 8. The molecule has 6 nitrogen and oxygen atoms in total. The number of hydrogen-bond donors (Lipinski definition) is 1. The Morgan fingerprint density at radius 3 is 2.88 bits per heavy atom. The Labute approximate surface area is 152 Å². The van der Waals surface area contributed by atoms with Crippen LogP contribution in [0.4, 0.5) is 4.39 Å². The van der Waals surface area contributed by atoms with Crippen LogP contribution in [0, 0.1) is 5.82 Å². The highest BCUT2D eigenvalue weighted by Crippen LogP contribution is 2.16. The third-order valence-electron chi connectivity index (χ3n) is 3.37. The smallest absolute Gasteiger partial charge is 0.230 e. The molecular weight excluding hydrogens is 361 g/mol. The number of amides is 1. The number of carbonyl (C=O) groups is 1. The molecule has 3 aromatic rings. The van der Waals surface area contributed by atoms with Gasteiger partial charge in [-0.15, -0.1) is 16.4 Å². The van der Waals surface area contributed by atoms with Gasteiger partial charge >= 0.3 is 0 Å². The van der Waals surface area contributed by atoms with Gasteiger partial charge in [0.15, 0.2) is 0 Å². The number of hydrogen-bond acceptors (Lipinski definition) is 6. The van der Waals surface area contributed by atoms with Crippen molar-refractivity contribution >= 4 is 29.0 Å². The molecule has 1 amide bonds. The molecule has 3 rings (SSSR count). The zero-order valence-corrected chi connectivity index (χ0v) is 14.9. The minimum Gasteiger partial charge on any atom is -0.355 e. The summed E-state index contributed by atoms with van der Waals surface area (Å²) in [6, 6.07) is 10.3. The van der Waals surface area contributed by atoms with Crippen LogP contribution in [0.15, 0.2) is 46.9 Å². The van der Waals surface area contributed by atoms with Gasteiger partial charge in [-0.3, -0.25) is 4.79 Å². The quantitative estimate of drug-likeness (QED) is 0.610. The Bertz CT molecular complexity index is 804. The van der Waals surface area contributed by atoms with Gasteiger partial charge in [0.2, 0.25) is 11.1 Å². The predicted molar refractivity (Wildman–Crippen MR) is 95.1 cm³/mol. The first-order valence-corrected chi connectivity index (χ1v) is 9.50. The van der Waals surface area contributed by atoms with Crippen LogP contribution >= 0.6 is 23.1 Å². The number of carbonyl (C=O) groups excluding carboxylic acids is 1. The van der Waals surface area contributed by atoms with Gasteiger partial charge in [-0.25, -0.2) is 9.07 Å². The maximum absolute atomic E-state index is 12.8. The minimum absolute atomic E-state index is 0.0854. The van der Waals surface area contributed by atoms with Crippen LogP contribution in [0.25, 0.3) is 0 Å². The number of thiophene rings is 1. The molecule has 0 bridgehead atoms. The van der Waals surface area contributed by atoms with Crippen molar-refractivity contribution in [1.82, 2.24) is 25.5 Å². The van der Waals surface area contributed by atoms with Gasteiger partial charge in [0, 0.05) is 11.4 Å². The number of benzene rings is 1. The van der Waals surface area contributed by atoms with E-state index >= 15 is 0 Å². The second-order valence-electron chi connectivity index (χ2n) is 5.21. The van der Waals surface area contributed by atoms with E-state index in [4.69, 9.17) is 0 Å². The monoisotopic (exact) mass is 377 g/mol. The third-order valence-corrected chi connectivity index (χ3v) is 5.18. The zero-order valence-electron chi connectivity index (χ0n) is 13.3. The van der Waals surface area contributed by atoms with E-state index in [2.05, 4.69) is 20.8 Å². The largest absolute Gasteiger partial charge is 0.355 e. The average molecular weight is 377 g/mol. The molecule has 2 aromatic heterocycles. The summed E-state index contributed by atoms with van der Waals surface area (Å²) in [7, 11) is 0. The topological polar surface area (TPSA) is 72.7 Å². The van der Waals surface area contributed by atoms with E-state index in [0.717, 1.165) is 10.4 Å². The molecule has 0 fully saturated rings. The Balaban J connectivity index is 1.42. The molecule has 130 valence electrons. The number of thioether (sulfide) groups is 1. The van der Waals surface area contributed by atoms with Gasteiger partial charge in [-0.2, -0.15) is 0 Å². The first-order chi connectivity index (χ1) is 12.2. The number of nitrogens with zero attached hydrogens (tertiary/aromatic N) is 4. The summed E-state index contributed by atoms with van der Waals surface area (Å²) in [5.41, 5.74) is 0.981. The first kappa shape index (κ1) is 17.6. The molecule has 0 aliphatic rings. The lowest BCUT2D eigenvalue weighted by Crippen LogP contribution is -2.27. The maximum Gasteiger partial charge on any atom is 0.230 e. The van der Waals surface area contributed by atoms with Crippen LogP contribution in [0.1, 0.15) is 10.4 Å². The lowest BCUT2D eigenvalue weighted by atomic mass is 10.1. The van der Waals surface area contributed by atoms with Gasteiger partial charge in [0.1, 0.15) is 5.82 Å². The lowest BCUT2D eigenvalue weighted by molar-refractivity contribution is -0.118. The molecule has 0 saturated carbocycles. The summed E-state index contributed by atoms with van der Waals surface area (Å²) in [5, 5.41) is 17.0. The summed E-state index contributed by atoms with van der Waals surface area (Å²) in [6.07, 6.45) is 0.660. The lowest BCUT2D eigenvalue weighted by Gasteiger charge is -2.05. The highest BCUT2D eigenvalue weighted by molar-refractivity contribution is 7.99. The first-order valence-electron chi connectivity index (χ1n) is 7.63. The molecule has 0 aliphatic heterocycles. The van der Waals surface area contributed by atoms with E-state index in [0.29, 0.717) is 24.7 Å². The molecule has 0 aliphatic carbocycles. The van der Waals surface area contributed by atoms with E-state index < -0.39 is 0 Å². The highest BCUT2D eigenvalue weighted by atomic mass is 32.2. The molecule has 25 heavy (non-hydrogen) atoms. The van der Waals surface area contributed by atoms with E-state index in [-0.39, 0.29) is 17.5 Å². The van der Waals surface area contributed by atoms with Crippen molar-refractivity contribution < 1.29 is 9.18 Å². The number of halogens is 1. The Morgan fingerprint density at radius 2 is 2.12 bits per heavy atom. The molecular formula is C16H16FN5OS2. The summed E-state index contributed by atoms with van der Waals surface area (Å²) >= 11 is 2.94. The predicted octanol–water partition coefficient (Wildman–Crippen LogP) is 2.37. The Morgan fingerprint density at radius 1 is 1.28 bits per heavy atom. The van der Waals surface area contributed by atoms with Gasteiger partial charge < -0.3 is 5.32 Å². The van der Waals surface area contributed by atoms with Crippen molar-refractivity contribution in [3.05, 3.63) is 58.0 Å². The van der Waals surface area contributed by atoms with E-state index in [1.807, 2.05) is 17.5 Å². The summed E-state index contributed by atoms with van der Waals surface area (Å²) in [5.74, 6) is -0.101. The number of tetrazole rings is 1. The van der Waals surface area contributed by atoms with Crippen LogP contribution < -0.4 is 5.32 Å². The fourth-order valence-electron chi connectivity index (χ4n) is 2.13. The molecule has 0 spiro atoms. The summed E-state index contributed by atoms with van der Waals surface area (Å²) in [4.78, 5) is 13.1. The van der Waals surface area contributed by atoms with Crippen molar-refractivity contribution in [3.63, 3.8) is 0 Å². The van der Waals surface area contributed by atoms with Crippen LogP contribution in [-0.2, 0) is 17.8 Å². The van der Waals surface area contributed by atoms with Crippen molar-refractivity contribution in [3.8, 4) is 0 Å². The minimum atomic E-state index is -0.260. The molecule has 0 radical (unpaired) electrons. The molecule has 9 heteroatoms. The standard InChI is InChI=1S/C16H16FN5OS2/c17-13-5-3-12(4-6-13)7-8-18-15(23)11-25-16-19-20-21-22(16)10-14-2-1-9-24-14/h1-6,9H,7-8,10-11H2,(H,18,23). The highest BCUT2D eigenvalue weighted by Gasteiger charge is 2.10. The van der Waals surface area contributed by atoms with Crippen molar-refractivity contribution in [2.45, 2.75) is 18.1 Å². The van der Waals surface area contributed by atoms with Gasteiger partial charge in [0.05, 0.1) is 12.3 Å².